The van der Waals surface area contributed by atoms with Gasteiger partial charge in [0, 0.05) is 55.0 Å². The Morgan fingerprint density at radius 3 is 1.15 bits per heavy atom. The summed E-state index contributed by atoms with van der Waals surface area (Å²) < 4.78 is 43.4. The van der Waals surface area contributed by atoms with Crippen LogP contribution in [0.5, 0.6) is 0 Å². The molecular formula is C72H62F2O2W2-2. The van der Waals surface area contributed by atoms with Crippen molar-refractivity contribution in [2.45, 2.75) is 65.2 Å². The van der Waals surface area contributed by atoms with Crippen molar-refractivity contribution in [2.24, 2.45) is 0 Å². The fraction of sp³-hybridized carbons (Fsp3) is 0.194. The Hall–Kier alpha value is -6.12. The molecule has 0 spiro atoms. The van der Waals surface area contributed by atoms with Crippen LogP contribution in [-0.4, -0.2) is 26.4 Å². The molecule has 78 heavy (non-hydrogen) atoms. The summed E-state index contributed by atoms with van der Waals surface area (Å²) >= 11 is 0. The fourth-order valence-corrected chi connectivity index (χ4v) is 11.3. The third kappa shape index (κ3) is 13.1. The largest absolute Gasteiger partial charge is 0.444 e. The summed E-state index contributed by atoms with van der Waals surface area (Å²) in [5.74, 6) is 2.52. The maximum absolute atomic E-state index is 16.5. The van der Waals surface area contributed by atoms with Gasteiger partial charge in [0.25, 0.3) is 0 Å². The molecule has 0 bridgehead atoms. The van der Waals surface area contributed by atoms with Crippen molar-refractivity contribution in [3.05, 3.63) is 307 Å². The molecule has 0 N–H and O–H groups in total. The van der Waals surface area contributed by atoms with E-state index < -0.39 is 0 Å². The first kappa shape index (κ1) is 55.2. The topological polar surface area (TPSA) is 18.5 Å². The minimum absolute atomic E-state index is 0. The van der Waals surface area contributed by atoms with Gasteiger partial charge in [0.2, 0.25) is 0 Å². The zero-order chi connectivity index (χ0) is 51.5. The van der Waals surface area contributed by atoms with Crippen LogP contribution in [0.1, 0.15) is 89.0 Å². The molecule has 6 heteroatoms. The molecule has 0 saturated carbocycles. The smallest absolute Gasteiger partial charge is 0.127 e. The molecule has 0 radical (unpaired) electrons. The fourth-order valence-electron chi connectivity index (χ4n) is 11.3. The second-order valence-electron chi connectivity index (χ2n) is 21.7. The molecule has 2 aliphatic rings. The Kier molecular flexibility index (Phi) is 17.6. The van der Waals surface area contributed by atoms with E-state index in [4.69, 9.17) is 9.47 Å². The number of halogens is 2. The molecule has 0 aromatic heterocycles. The summed E-state index contributed by atoms with van der Waals surface area (Å²) in [7, 11) is 0. The number of hydrogen-bond donors (Lipinski definition) is 0. The van der Waals surface area contributed by atoms with Crippen molar-refractivity contribution in [1.82, 2.24) is 0 Å². The van der Waals surface area contributed by atoms with Gasteiger partial charge in [0.05, 0.1) is 0 Å². The molecule has 2 saturated heterocycles. The number of aryl methyl sites for hydroxylation is 2. The van der Waals surface area contributed by atoms with Gasteiger partial charge in [-0.25, -0.2) is 8.78 Å². The molecule has 10 aromatic rings. The zero-order valence-corrected chi connectivity index (χ0v) is 50.2. The van der Waals surface area contributed by atoms with Crippen molar-refractivity contribution in [3.63, 3.8) is 0 Å². The minimum Gasteiger partial charge on any atom is -0.444 e. The number of hydrogen-bond acceptors (Lipinski definition) is 2. The van der Waals surface area contributed by atoms with Crippen LogP contribution in [-0.2, 0) is 103 Å². The monoisotopic (exact) mass is 1360 g/mol. The Balaban J connectivity index is 0.00000344. The Labute approximate surface area is 487 Å². The molecule has 0 atom stereocenters. The van der Waals surface area contributed by atoms with E-state index in [0.29, 0.717) is 36.8 Å². The minimum atomic E-state index is -0.201. The van der Waals surface area contributed by atoms with Gasteiger partial charge < -0.3 is 9.47 Å². The van der Waals surface area contributed by atoms with E-state index in [1.165, 1.54) is 50.8 Å². The van der Waals surface area contributed by atoms with E-state index in [0.717, 1.165) is 124 Å². The maximum Gasteiger partial charge on any atom is 0.127 e. The van der Waals surface area contributed by atoms with E-state index in [9.17, 15) is 0 Å². The second-order valence-corrected chi connectivity index (χ2v) is 21.7. The van der Waals surface area contributed by atoms with Crippen molar-refractivity contribution in [1.29, 1.82) is 0 Å². The van der Waals surface area contributed by atoms with Crippen LogP contribution >= 0.6 is 0 Å². The standard InChI is InChI=1S/C72H62F2O2.2W/c1-47-4-28-68-62(29-47)25-26-65(42-64-24-22-58(41-71(64)74)34-54-15-7-50(8-16-54)32-52-11-19-56(20-12-52)36-61-45-76-46-61)72(68)69-39-59(38-66-30-48(2)3-27-67(66)69)37-63-23-21-57(40-70(63)73)33-53-13-5-49(6-14-53)31-51-9-17-55(18-10-51)35-60-43-75-44-60;;/h3-30,38-41H,31-37,42-46H2,1-2H3;;/q-2;;. The number of fused-ring (bicyclic) bond motifs is 2. The molecule has 2 fully saturated rings. The second kappa shape index (κ2) is 24.9. The van der Waals surface area contributed by atoms with Crippen LogP contribution in [0.3, 0.4) is 0 Å². The van der Waals surface area contributed by atoms with Gasteiger partial charge in [-0.3, -0.25) is 11.8 Å². The average Bonchev–Trinajstić information content (AvgIpc) is 3.58. The molecule has 12 rings (SSSR count). The van der Waals surface area contributed by atoms with E-state index in [-0.39, 0.29) is 53.8 Å². The summed E-state index contributed by atoms with van der Waals surface area (Å²) in [6.07, 6.45) is 5.92. The molecule has 0 amide bonds. The zero-order valence-electron chi connectivity index (χ0n) is 44.3. The molecule has 2 heterocycles. The van der Waals surface area contributed by atoms with Crippen LogP contribution in [0.2, 0.25) is 0 Å². The van der Waals surface area contributed by atoms with Crippen LogP contribution in [0.15, 0.2) is 194 Å². The van der Waals surface area contributed by atoms with E-state index in [2.05, 4.69) is 184 Å². The predicted octanol–water partition coefficient (Wildman–Crippen LogP) is 16.4. The first-order valence-corrected chi connectivity index (χ1v) is 26.9. The molecule has 2 aliphatic heterocycles. The first-order chi connectivity index (χ1) is 37.2. The van der Waals surface area contributed by atoms with Gasteiger partial charge in [0.1, 0.15) is 11.6 Å². The quantitative estimate of drug-likeness (QED) is 0.0846. The van der Waals surface area contributed by atoms with Crippen LogP contribution in [0.25, 0.3) is 32.7 Å². The normalized spacial score (nSPS) is 13.4. The van der Waals surface area contributed by atoms with Gasteiger partial charge in [-0.15, -0.1) is 12.8 Å². The van der Waals surface area contributed by atoms with Gasteiger partial charge in [-0.2, -0.15) is 0 Å². The molecular weight excluding hydrogens is 1300 g/mol. The van der Waals surface area contributed by atoms with Gasteiger partial charge in [-0.05, 0) is 151 Å². The van der Waals surface area contributed by atoms with Crippen molar-refractivity contribution < 1.29 is 60.4 Å². The van der Waals surface area contributed by atoms with Crippen LogP contribution < -0.4 is 0 Å². The Morgan fingerprint density at radius 2 is 0.718 bits per heavy atom. The third-order valence-corrected chi connectivity index (χ3v) is 15.6. The maximum atomic E-state index is 16.5. The van der Waals surface area contributed by atoms with Crippen molar-refractivity contribution in [3.8, 4) is 11.1 Å². The number of ether oxygens (including phenoxy) is 2. The SMILES string of the molecule is Cc1ccc2c(-c3c(Cc4ccc(Cc5ccc(Cc6ccc(C[C-]7COC7)cc6)cc5)cc4F)ccc4cc(C)ccc34)cc(Cc3ccc(Cc4ccc(Cc5ccc(C[C-]6COC6)cc5)cc4)cc3F)cc2c1.[W].[W]. The summed E-state index contributed by atoms with van der Waals surface area (Å²) in [6.45, 7) is 7.40. The van der Waals surface area contributed by atoms with Crippen molar-refractivity contribution in [2.75, 3.05) is 26.4 Å². The summed E-state index contributed by atoms with van der Waals surface area (Å²) in [5.41, 5.74) is 19.9. The summed E-state index contributed by atoms with van der Waals surface area (Å²) in [4.78, 5) is 0. The molecule has 0 unspecified atom stereocenters. The molecule has 2 nitrogen and oxygen atoms in total. The van der Waals surface area contributed by atoms with Gasteiger partial charge in [0.15, 0.2) is 0 Å². The number of benzene rings is 10. The van der Waals surface area contributed by atoms with E-state index >= 15 is 8.78 Å². The third-order valence-electron chi connectivity index (χ3n) is 15.6. The summed E-state index contributed by atoms with van der Waals surface area (Å²) in [6, 6.07) is 68.8. The van der Waals surface area contributed by atoms with E-state index in [1.54, 1.807) is 12.1 Å². The molecule has 10 aromatic carbocycles. The number of rotatable bonds is 17. The van der Waals surface area contributed by atoms with Crippen LogP contribution in [0.4, 0.5) is 8.78 Å². The molecule has 390 valence electrons. The van der Waals surface area contributed by atoms with Gasteiger partial charge >= 0.3 is 0 Å². The van der Waals surface area contributed by atoms with Crippen LogP contribution in [0, 0.1) is 37.3 Å². The summed E-state index contributed by atoms with van der Waals surface area (Å²) in [5, 5.41) is 4.47. The van der Waals surface area contributed by atoms with Crippen molar-refractivity contribution >= 4 is 21.5 Å². The van der Waals surface area contributed by atoms with E-state index in [1.807, 2.05) is 12.1 Å². The average molecular weight is 1360 g/mol. The Morgan fingerprint density at radius 1 is 0.333 bits per heavy atom. The molecule has 0 aliphatic carbocycles. The predicted molar refractivity (Wildman–Crippen MR) is 307 cm³/mol. The first-order valence-electron chi connectivity index (χ1n) is 26.9. The Bertz CT molecular complexity index is 3690. The van der Waals surface area contributed by atoms with Gasteiger partial charge in [-0.1, -0.05) is 231 Å².